The van der Waals surface area contributed by atoms with Crippen LogP contribution in [0.25, 0.3) is 0 Å². The second-order valence-corrected chi connectivity index (χ2v) is 7.65. The number of hydrogen-bond acceptors (Lipinski definition) is 1. The fraction of sp³-hybridized carbons (Fsp3) is 0.800. The van der Waals surface area contributed by atoms with Crippen molar-refractivity contribution in [3.8, 4) is 0 Å². The van der Waals surface area contributed by atoms with Gasteiger partial charge in [-0.3, -0.25) is 0 Å². The molecule has 0 spiro atoms. The molecule has 1 atom stereocenters. The van der Waals surface area contributed by atoms with Gasteiger partial charge in [-0.25, -0.2) is 0 Å². The van der Waals surface area contributed by atoms with E-state index in [1.807, 2.05) is 11.4 Å². The molecular weight excluding hydrogens is 202 g/mol. The van der Waals surface area contributed by atoms with E-state index in [0.717, 1.165) is 0 Å². The van der Waals surface area contributed by atoms with Crippen molar-refractivity contribution >= 4 is 33.0 Å². The molecule has 0 fully saturated rings. The molecular formula is C5H12AsClO2. The van der Waals surface area contributed by atoms with E-state index in [-0.39, 0.29) is 17.1 Å². The minimum absolute atomic E-state index is 0. The van der Waals surface area contributed by atoms with Crippen LogP contribution in [0.5, 0.6) is 0 Å². The Morgan fingerprint density at radius 3 is 1.89 bits per heavy atom. The molecule has 0 bridgehead atoms. The third kappa shape index (κ3) is 4.80. The van der Waals surface area contributed by atoms with Gasteiger partial charge in [-0.15, -0.1) is 12.4 Å². The Morgan fingerprint density at radius 1 is 1.56 bits per heavy atom. The average molecular weight is 215 g/mol. The first-order chi connectivity index (χ1) is 3.55. The first-order valence-corrected chi connectivity index (χ1v) is 7.28. The standard InChI is InChI=1S/C5H11AsO2.ClH/c1-4(5(7)8)6(2)3;/h4H,1-3H3,(H,7,8);1H. The molecule has 2 nitrogen and oxygen atoms in total. The van der Waals surface area contributed by atoms with Crippen LogP contribution in [-0.2, 0) is 4.79 Å². The van der Waals surface area contributed by atoms with Crippen LogP contribution < -0.4 is 0 Å². The Bertz CT molecular complexity index is 95.0. The summed E-state index contributed by atoms with van der Waals surface area (Å²) >= 11 is -0.980. The maximum atomic E-state index is 10.2. The topological polar surface area (TPSA) is 37.3 Å². The molecule has 1 N–H and O–H groups in total. The third-order valence-electron chi connectivity index (χ3n) is 1.13. The number of carboxylic acid groups (broad SMARTS) is 1. The first-order valence-electron chi connectivity index (χ1n) is 2.45. The summed E-state index contributed by atoms with van der Waals surface area (Å²) < 4.78 is -0.0671. The van der Waals surface area contributed by atoms with Crippen LogP contribution in [0.3, 0.4) is 0 Å². The SMILES string of the molecule is CC(C(=O)O)[As](C)C.Cl. The van der Waals surface area contributed by atoms with Crippen LogP contribution >= 0.6 is 12.4 Å². The average Bonchev–Trinajstić information content (AvgIpc) is 1.64. The molecule has 0 aromatic carbocycles. The van der Waals surface area contributed by atoms with Crippen LogP contribution in [0.1, 0.15) is 6.92 Å². The largest absolute Gasteiger partial charge is 0.147 e. The summed E-state index contributed by atoms with van der Waals surface area (Å²) in [6, 6.07) is 0. The van der Waals surface area contributed by atoms with Gasteiger partial charge in [0.25, 0.3) is 0 Å². The first kappa shape index (κ1) is 12.0. The van der Waals surface area contributed by atoms with Crippen LogP contribution in [-0.4, -0.2) is 25.7 Å². The van der Waals surface area contributed by atoms with Crippen LogP contribution in [0.4, 0.5) is 0 Å². The summed E-state index contributed by atoms with van der Waals surface area (Å²) in [5, 5.41) is 8.39. The van der Waals surface area contributed by atoms with Gasteiger partial charge >= 0.3 is 53.6 Å². The zero-order valence-electron chi connectivity index (χ0n) is 5.79. The molecule has 0 amide bonds. The predicted octanol–water partition coefficient (Wildman–Crippen LogP) is 1.64. The molecule has 0 heterocycles. The van der Waals surface area contributed by atoms with E-state index in [1.54, 1.807) is 6.92 Å². The van der Waals surface area contributed by atoms with Crippen molar-refractivity contribution in [2.24, 2.45) is 0 Å². The second kappa shape index (κ2) is 5.13. The maximum absolute atomic E-state index is 10.2. The Hall–Kier alpha value is 0.318. The zero-order valence-corrected chi connectivity index (χ0v) is 8.48. The van der Waals surface area contributed by atoms with Gasteiger partial charge in [-0.05, 0) is 0 Å². The van der Waals surface area contributed by atoms with Crippen molar-refractivity contribution in [1.82, 2.24) is 0 Å². The molecule has 0 saturated carbocycles. The van der Waals surface area contributed by atoms with Crippen LogP contribution in [0.2, 0.25) is 16.1 Å². The molecule has 0 aliphatic rings. The van der Waals surface area contributed by atoms with Gasteiger partial charge in [0.15, 0.2) is 0 Å². The molecule has 56 valence electrons. The molecule has 0 aliphatic heterocycles. The minimum atomic E-state index is -0.980. The Kier molecular flexibility index (Phi) is 6.86. The molecule has 0 saturated heterocycles. The summed E-state index contributed by atoms with van der Waals surface area (Å²) in [5.41, 5.74) is 4.09. The molecule has 9 heavy (non-hydrogen) atoms. The van der Waals surface area contributed by atoms with Crippen molar-refractivity contribution in [2.45, 2.75) is 23.1 Å². The molecule has 0 aliphatic carbocycles. The smallest absolute Gasteiger partial charge is 0.147 e. The molecule has 0 aromatic heterocycles. The molecule has 0 radical (unpaired) electrons. The third-order valence-corrected chi connectivity index (χ3v) is 4.85. The van der Waals surface area contributed by atoms with Crippen molar-refractivity contribution in [1.29, 1.82) is 0 Å². The van der Waals surface area contributed by atoms with E-state index in [2.05, 4.69) is 0 Å². The number of aliphatic carboxylic acids is 1. The van der Waals surface area contributed by atoms with Gasteiger partial charge in [0.2, 0.25) is 0 Å². The van der Waals surface area contributed by atoms with Crippen molar-refractivity contribution < 1.29 is 9.90 Å². The summed E-state index contributed by atoms with van der Waals surface area (Å²) in [4.78, 5) is 10.2. The number of halogens is 1. The van der Waals surface area contributed by atoms with Gasteiger partial charge in [0.1, 0.15) is 0 Å². The monoisotopic (exact) mass is 214 g/mol. The number of carboxylic acids is 1. The Morgan fingerprint density at radius 2 is 1.89 bits per heavy atom. The molecule has 0 rings (SSSR count). The van der Waals surface area contributed by atoms with E-state index in [4.69, 9.17) is 5.11 Å². The summed E-state index contributed by atoms with van der Waals surface area (Å²) in [6.07, 6.45) is 0. The van der Waals surface area contributed by atoms with E-state index in [9.17, 15) is 4.79 Å². The number of rotatable bonds is 2. The van der Waals surface area contributed by atoms with E-state index >= 15 is 0 Å². The van der Waals surface area contributed by atoms with Crippen molar-refractivity contribution in [3.05, 3.63) is 0 Å². The maximum Gasteiger partial charge on any atom is -0.147 e. The van der Waals surface area contributed by atoms with Crippen molar-refractivity contribution in [2.75, 3.05) is 0 Å². The van der Waals surface area contributed by atoms with E-state index < -0.39 is 20.6 Å². The second-order valence-electron chi connectivity index (χ2n) is 1.98. The van der Waals surface area contributed by atoms with Crippen LogP contribution in [0.15, 0.2) is 0 Å². The summed E-state index contributed by atoms with van der Waals surface area (Å²) in [6.45, 7) is 1.78. The van der Waals surface area contributed by atoms with Gasteiger partial charge in [0.05, 0.1) is 0 Å². The van der Waals surface area contributed by atoms with E-state index in [1.165, 1.54) is 0 Å². The predicted molar refractivity (Wildman–Crippen MR) is 41.8 cm³/mol. The fourth-order valence-corrected chi connectivity index (χ4v) is 1.15. The quantitative estimate of drug-likeness (QED) is 0.710. The van der Waals surface area contributed by atoms with E-state index in [0.29, 0.717) is 0 Å². The summed E-state index contributed by atoms with van der Waals surface area (Å²) in [7, 11) is 0. The normalized spacial score (nSPS) is 12.4. The minimum Gasteiger partial charge on any atom is -0.147 e. The van der Waals surface area contributed by atoms with Crippen LogP contribution in [0, 0.1) is 0 Å². The zero-order chi connectivity index (χ0) is 6.73. The van der Waals surface area contributed by atoms with Crippen molar-refractivity contribution in [3.63, 3.8) is 0 Å². The molecule has 1 unspecified atom stereocenters. The fourth-order valence-electron chi connectivity index (χ4n) is 0.221. The van der Waals surface area contributed by atoms with Gasteiger partial charge < -0.3 is 0 Å². The Balaban J connectivity index is 0. The van der Waals surface area contributed by atoms with Gasteiger partial charge in [0, 0.05) is 0 Å². The molecule has 4 heteroatoms. The molecule has 0 aromatic rings. The summed E-state index contributed by atoms with van der Waals surface area (Å²) in [5.74, 6) is -0.644. The number of hydrogen-bond donors (Lipinski definition) is 1. The number of carbonyl (C=O) groups is 1. The van der Waals surface area contributed by atoms with Gasteiger partial charge in [-0.2, -0.15) is 0 Å². The Labute approximate surface area is 66.3 Å². The van der Waals surface area contributed by atoms with Gasteiger partial charge in [-0.1, -0.05) is 0 Å².